The van der Waals surface area contributed by atoms with Gasteiger partial charge in [-0.25, -0.2) is 24.4 Å². The third-order valence-corrected chi connectivity index (χ3v) is 7.43. The lowest BCUT2D eigenvalue weighted by Gasteiger charge is -2.18. The van der Waals surface area contributed by atoms with E-state index in [9.17, 15) is 14.4 Å². The highest BCUT2D eigenvalue weighted by molar-refractivity contribution is 7.22. The van der Waals surface area contributed by atoms with Crippen LogP contribution in [-0.4, -0.2) is 49.1 Å². The number of thiazole rings is 1. The maximum atomic E-state index is 13.0. The number of ether oxygens (including phenoxy) is 5. The van der Waals surface area contributed by atoms with Crippen molar-refractivity contribution in [3.05, 3.63) is 108 Å². The molecule has 0 aliphatic heterocycles. The van der Waals surface area contributed by atoms with Crippen LogP contribution in [0.2, 0.25) is 0 Å². The van der Waals surface area contributed by atoms with Gasteiger partial charge in [-0.05, 0) is 99.6 Å². The summed E-state index contributed by atoms with van der Waals surface area (Å²) in [4.78, 5) is 42.5. The van der Waals surface area contributed by atoms with Gasteiger partial charge in [0.1, 0.15) is 28.6 Å². The highest BCUT2D eigenvalue weighted by atomic mass is 32.1. The van der Waals surface area contributed by atoms with Crippen molar-refractivity contribution < 1.29 is 38.1 Å². The van der Waals surface area contributed by atoms with Crippen molar-refractivity contribution in [3.63, 3.8) is 0 Å². The zero-order valence-corrected chi connectivity index (χ0v) is 27.1. The summed E-state index contributed by atoms with van der Waals surface area (Å²) in [6.07, 6.45) is 0.631. The lowest BCUT2D eigenvalue weighted by molar-refractivity contribution is 0.0206. The van der Waals surface area contributed by atoms with Gasteiger partial charge in [-0.15, -0.1) is 0 Å². The molecule has 0 unspecified atom stereocenters. The number of methoxy groups -OCH3 is 1. The number of fused-ring (bicyclic) bond motifs is 1. The molecule has 0 bridgehead atoms. The first kappa shape index (κ1) is 32.6. The first-order valence-electron chi connectivity index (χ1n) is 14.3. The standard InChI is InChI=1S/C35H31N3O8S/c1-35(2,3)46-34(41)44-26-16-12-22(13-17-26)31(39)43-27-18-19-29(45-32(40)23-10-14-25(42-5)15-11-23)24(20-27)21-36-38(4)33-37-28-8-6-7-9-30(28)47-33/h6-21H,1-5H3/b36-21+. The Morgan fingerprint density at radius 3 is 2.04 bits per heavy atom. The van der Waals surface area contributed by atoms with E-state index in [1.54, 1.807) is 57.1 Å². The van der Waals surface area contributed by atoms with Crippen molar-refractivity contribution in [3.8, 4) is 23.0 Å². The molecule has 1 aromatic heterocycles. The molecule has 0 spiro atoms. The fourth-order valence-corrected chi connectivity index (χ4v) is 4.94. The summed E-state index contributed by atoms with van der Waals surface area (Å²) >= 11 is 1.47. The van der Waals surface area contributed by atoms with E-state index in [-0.39, 0.29) is 22.8 Å². The summed E-state index contributed by atoms with van der Waals surface area (Å²) < 4.78 is 27.8. The minimum atomic E-state index is -0.858. The first-order valence-corrected chi connectivity index (χ1v) is 15.2. The van der Waals surface area contributed by atoms with Gasteiger partial charge in [0, 0.05) is 12.6 Å². The van der Waals surface area contributed by atoms with Gasteiger partial charge in [-0.2, -0.15) is 5.10 Å². The van der Waals surface area contributed by atoms with Crippen LogP contribution in [0.3, 0.4) is 0 Å². The van der Waals surface area contributed by atoms with Crippen LogP contribution in [-0.2, 0) is 4.74 Å². The molecule has 1 heterocycles. The number of carbonyl (C=O) groups excluding carboxylic acids is 3. The normalized spacial score (nSPS) is 11.3. The Hall–Kier alpha value is -5.75. The lowest BCUT2D eigenvalue weighted by Crippen LogP contribution is -2.25. The van der Waals surface area contributed by atoms with Gasteiger partial charge in [0.2, 0.25) is 5.13 Å². The molecule has 0 N–H and O–H groups in total. The van der Waals surface area contributed by atoms with E-state index in [0.717, 1.165) is 10.2 Å². The summed E-state index contributed by atoms with van der Waals surface area (Å²) in [7, 11) is 3.28. The minimum Gasteiger partial charge on any atom is -0.497 e. The smallest absolute Gasteiger partial charge is 0.497 e. The molecule has 5 aromatic rings. The van der Waals surface area contributed by atoms with Gasteiger partial charge >= 0.3 is 18.1 Å². The number of hydrogen-bond donors (Lipinski definition) is 0. The number of para-hydroxylation sites is 1. The molecule has 0 aliphatic carbocycles. The molecule has 11 nitrogen and oxygen atoms in total. The maximum Gasteiger partial charge on any atom is 0.514 e. The second kappa shape index (κ2) is 14.1. The van der Waals surface area contributed by atoms with Gasteiger partial charge in [-0.1, -0.05) is 23.5 Å². The Bertz CT molecular complexity index is 1900. The van der Waals surface area contributed by atoms with Gasteiger partial charge < -0.3 is 23.7 Å². The van der Waals surface area contributed by atoms with E-state index < -0.39 is 23.7 Å². The number of aromatic nitrogens is 1. The summed E-state index contributed by atoms with van der Waals surface area (Å²) in [5.41, 5.74) is 1.03. The molecular weight excluding hydrogens is 622 g/mol. The molecule has 12 heteroatoms. The fraction of sp³-hybridized carbons (Fsp3) is 0.171. The molecule has 0 aliphatic rings. The van der Waals surface area contributed by atoms with E-state index in [2.05, 4.69) is 10.1 Å². The van der Waals surface area contributed by atoms with Crippen molar-refractivity contribution >= 4 is 51.0 Å². The molecule has 0 amide bonds. The van der Waals surface area contributed by atoms with Crippen LogP contribution >= 0.6 is 11.3 Å². The number of nitrogens with zero attached hydrogens (tertiary/aromatic N) is 3. The molecular formula is C35H31N3O8S. The third kappa shape index (κ3) is 8.70. The predicted molar refractivity (Wildman–Crippen MR) is 178 cm³/mol. The highest BCUT2D eigenvalue weighted by Crippen LogP contribution is 2.29. The molecule has 0 fully saturated rings. The van der Waals surface area contributed by atoms with E-state index in [0.29, 0.717) is 22.0 Å². The Kier molecular flexibility index (Phi) is 9.81. The number of esters is 2. The number of rotatable bonds is 9. The SMILES string of the molecule is COc1ccc(C(=O)Oc2ccc(OC(=O)c3ccc(OC(=O)OC(C)(C)C)cc3)cc2/C=N/N(C)c2nc3ccccc3s2)cc1. The Morgan fingerprint density at radius 2 is 1.40 bits per heavy atom. The van der Waals surface area contributed by atoms with Crippen LogP contribution < -0.4 is 24.0 Å². The van der Waals surface area contributed by atoms with Crippen molar-refractivity contribution in [2.75, 3.05) is 19.2 Å². The van der Waals surface area contributed by atoms with Crippen LogP contribution in [0, 0.1) is 0 Å². The zero-order valence-electron chi connectivity index (χ0n) is 26.3. The van der Waals surface area contributed by atoms with Crippen molar-refractivity contribution in [2.45, 2.75) is 26.4 Å². The highest BCUT2D eigenvalue weighted by Gasteiger charge is 2.19. The largest absolute Gasteiger partial charge is 0.514 e. The summed E-state index contributed by atoms with van der Waals surface area (Å²) in [6.45, 7) is 5.18. The van der Waals surface area contributed by atoms with Gasteiger partial charge in [0.25, 0.3) is 0 Å². The van der Waals surface area contributed by atoms with Gasteiger partial charge in [-0.3, -0.25) is 0 Å². The summed E-state index contributed by atoms with van der Waals surface area (Å²) in [5, 5.41) is 6.76. The van der Waals surface area contributed by atoms with E-state index in [1.165, 1.54) is 67.1 Å². The molecule has 47 heavy (non-hydrogen) atoms. The van der Waals surface area contributed by atoms with Crippen molar-refractivity contribution in [2.24, 2.45) is 5.10 Å². The molecule has 5 rings (SSSR count). The van der Waals surface area contributed by atoms with Crippen LogP contribution in [0.5, 0.6) is 23.0 Å². The molecule has 0 saturated carbocycles. The first-order chi connectivity index (χ1) is 22.5. The zero-order chi connectivity index (χ0) is 33.6. The molecule has 240 valence electrons. The topological polar surface area (TPSA) is 126 Å². The van der Waals surface area contributed by atoms with Crippen molar-refractivity contribution in [1.29, 1.82) is 0 Å². The minimum absolute atomic E-state index is 0.178. The number of carbonyl (C=O) groups is 3. The van der Waals surface area contributed by atoms with Crippen LogP contribution in [0.1, 0.15) is 47.1 Å². The Labute approximate surface area is 274 Å². The van der Waals surface area contributed by atoms with Crippen LogP contribution in [0.15, 0.2) is 96.1 Å². The quantitative estimate of drug-likeness (QED) is 0.0518. The molecule has 0 saturated heterocycles. The summed E-state index contributed by atoms with van der Waals surface area (Å²) in [6, 6.07) is 24.6. The average Bonchev–Trinajstić information content (AvgIpc) is 3.49. The number of hydrazone groups is 1. The van der Waals surface area contributed by atoms with Gasteiger partial charge in [0.05, 0.1) is 34.7 Å². The average molecular weight is 654 g/mol. The van der Waals surface area contributed by atoms with E-state index in [1.807, 2.05) is 24.3 Å². The molecule has 4 aromatic carbocycles. The van der Waals surface area contributed by atoms with E-state index in [4.69, 9.17) is 23.7 Å². The Balaban J connectivity index is 1.35. The van der Waals surface area contributed by atoms with Crippen LogP contribution in [0.25, 0.3) is 10.2 Å². The lowest BCUT2D eigenvalue weighted by atomic mass is 10.2. The molecule has 0 radical (unpaired) electrons. The number of benzene rings is 4. The van der Waals surface area contributed by atoms with E-state index >= 15 is 0 Å². The summed E-state index contributed by atoms with van der Waals surface area (Å²) in [5.74, 6) is -0.0853. The Morgan fingerprint density at radius 1 is 0.787 bits per heavy atom. The fourth-order valence-electron chi connectivity index (χ4n) is 4.06. The van der Waals surface area contributed by atoms with Gasteiger partial charge in [0.15, 0.2) is 0 Å². The van der Waals surface area contributed by atoms with Crippen LogP contribution in [0.4, 0.5) is 9.93 Å². The second-order valence-electron chi connectivity index (χ2n) is 11.0. The number of anilines is 1. The second-order valence-corrected chi connectivity index (χ2v) is 12.0. The predicted octanol–water partition coefficient (Wildman–Crippen LogP) is 7.53. The maximum absolute atomic E-state index is 13.0. The monoisotopic (exact) mass is 653 g/mol. The molecule has 0 atom stereocenters. The van der Waals surface area contributed by atoms with Crippen molar-refractivity contribution in [1.82, 2.24) is 4.98 Å². The number of hydrogen-bond acceptors (Lipinski definition) is 12. The third-order valence-electron chi connectivity index (χ3n) is 6.33.